The van der Waals surface area contributed by atoms with Gasteiger partial charge in [0.2, 0.25) is 0 Å². The molecule has 0 amide bonds. The minimum Gasteiger partial charge on any atom is -0.379 e. The Morgan fingerprint density at radius 2 is 2.00 bits per heavy atom. The van der Waals surface area contributed by atoms with Gasteiger partial charge in [0, 0.05) is 13.1 Å². The summed E-state index contributed by atoms with van der Waals surface area (Å²) in [5, 5.41) is 3.69. The van der Waals surface area contributed by atoms with Gasteiger partial charge in [-0.2, -0.15) is 0 Å². The third-order valence-electron chi connectivity index (χ3n) is 5.22. The van der Waals surface area contributed by atoms with Crippen molar-refractivity contribution in [3.05, 3.63) is 0 Å². The van der Waals surface area contributed by atoms with Gasteiger partial charge in [0.1, 0.15) is 0 Å². The smallest absolute Gasteiger partial charge is 0.0594 e. The minimum atomic E-state index is 0.929. The Morgan fingerprint density at radius 1 is 1.11 bits per heavy atom. The van der Waals surface area contributed by atoms with Crippen LogP contribution in [0.25, 0.3) is 0 Å². The summed E-state index contributed by atoms with van der Waals surface area (Å²) in [7, 11) is 0. The van der Waals surface area contributed by atoms with Crippen LogP contribution < -0.4 is 5.32 Å². The van der Waals surface area contributed by atoms with Crippen molar-refractivity contribution in [1.82, 2.24) is 10.2 Å². The third kappa shape index (κ3) is 3.25. The zero-order chi connectivity index (χ0) is 12.2. The summed E-state index contributed by atoms with van der Waals surface area (Å²) in [6.45, 7) is 7.85. The van der Waals surface area contributed by atoms with E-state index in [1.165, 1.54) is 45.3 Å². The predicted octanol–water partition coefficient (Wildman–Crippen LogP) is 1.73. The molecule has 1 saturated heterocycles. The summed E-state index contributed by atoms with van der Waals surface area (Å²) in [4.78, 5) is 2.53. The zero-order valence-corrected chi connectivity index (χ0v) is 11.6. The number of hydrogen-bond acceptors (Lipinski definition) is 3. The fourth-order valence-electron chi connectivity index (χ4n) is 4.17. The maximum Gasteiger partial charge on any atom is 0.0594 e. The average Bonchev–Trinajstić information content (AvgIpc) is 3.02. The van der Waals surface area contributed by atoms with Crippen molar-refractivity contribution in [2.75, 3.05) is 45.9 Å². The highest BCUT2D eigenvalue weighted by Crippen LogP contribution is 2.47. The van der Waals surface area contributed by atoms with Crippen molar-refractivity contribution in [2.24, 2.45) is 17.8 Å². The van der Waals surface area contributed by atoms with Gasteiger partial charge in [-0.15, -0.1) is 0 Å². The van der Waals surface area contributed by atoms with E-state index in [4.69, 9.17) is 4.74 Å². The van der Waals surface area contributed by atoms with E-state index in [0.29, 0.717) is 0 Å². The second-order valence-corrected chi connectivity index (χ2v) is 6.45. The standard InChI is InChI=1S/C15H28N2O/c1(5-17-6-8-18-9-7-17)4-16-12-15-11-13-2-3-14(15)10-13/h13-16H,1-12H2. The fraction of sp³-hybridized carbons (Fsp3) is 1.00. The molecule has 2 bridgehead atoms. The molecule has 0 aromatic heterocycles. The molecule has 2 aliphatic carbocycles. The second-order valence-electron chi connectivity index (χ2n) is 6.45. The molecule has 3 nitrogen and oxygen atoms in total. The number of nitrogens with one attached hydrogen (secondary N) is 1. The van der Waals surface area contributed by atoms with Crippen LogP contribution in [0.5, 0.6) is 0 Å². The number of morpholine rings is 1. The summed E-state index contributed by atoms with van der Waals surface area (Å²) in [5.74, 6) is 3.17. The molecule has 3 unspecified atom stereocenters. The molecular formula is C15H28N2O. The maximum absolute atomic E-state index is 5.37. The van der Waals surface area contributed by atoms with E-state index in [0.717, 1.165) is 44.1 Å². The zero-order valence-electron chi connectivity index (χ0n) is 11.6. The van der Waals surface area contributed by atoms with Gasteiger partial charge in [0.15, 0.2) is 0 Å². The molecule has 1 N–H and O–H groups in total. The first-order valence-corrected chi connectivity index (χ1v) is 7.92. The quantitative estimate of drug-likeness (QED) is 0.729. The molecule has 0 radical (unpaired) electrons. The normalized spacial score (nSPS) is 36.3. The Labute approximate surface area is 111 Å². The summed E-state index contributed by atoms with van der Waals surface area (Å²) in [6.07, 6.45) is 7.39. The van der Waals surface area contributed by atoms with Crippen LogP contribution in [0.3, 0.4) is 0 Å². The molecule has 18 heavy (non-hydrogen) atoms. The summed E-state index contributed by atoms with van der Waals surface area (Å²) < 4.78 is 5.37. The van der Waals surface area contributed by atoms with Crippen LogP contribution in [-0.2, 0) is 4.74 Å². The first kappa shape index (κ1) is 12.9. The van der Waals surface area contributed by atoms with E-state index in [1.54, 1.807) is 6.42 Å². The van der Waals surface area contributed by atoms with E-state index in [2.05, 4.69) is 10.2 Å². The highest BCUT2D eigenvalue weighted by molar-refractivity contribution is 4.90. The van der Waals surface area contributed by atoms with Crippen LogP contribution >= 0.6 is 0 Å². The van der Waals surface area contributed by atoms with Gasteiger partial charge in [-0.3, -0.25) is 4.90 Å². The van der Waals surface area contributed by atoms with E-state index in [-0.39, 0.29) is 0 Å². The van der Waals surface area contributed by atoms with Crippen molar-refractivity contribution < 1.29 is 4.74 Å². The first-order valence-electron chi connectivity index (χ1n) is 7.92. The summed E-state index contributed by atoms with van der Waals surface area (Å²) in [5.41, 5.74) is 0. The van der Waals surface area contributed by atoms with Gasteiger partial charge in [-0.1, -0.05) is 6.42 Å². The maximum atomic E-state index is 5.37. The number of ether oxygens (including phenoxy) is 1. The van der Waals surface area contributed by atoms with Crippen LogP contribution in [0.4, 0.5) is 0 Å². The molecule has 0 aromatic rings. The van der Waals surface area contributed by atoms with Crippen LogP contribution in [0.2, 0.25) is 0 Å². The topological polar surface area (TPSA) is 24.5 Å². The second kappa shape index (κ2) is 6.36. The Balaban J connectivity index is 1.22. The Hall–Kier alpha value is -0.120. The van der Waals surface area contributed by atoms with Gasteiger partial charge in [0.05, 0.1) is 13.2 Å². The number of hydrogen-bond donors (Lipinski definition) is 1. The third-order valence-corrected chi connectivity index (χ3v) is 5.22. The summed E-state index contributed by atoms with van der Waals surface area (Å²) >= 11 is 0. The van der Waals surface area contributed by atoms with Crippen molar-refractivity contribution in [3.63, 3.8) is 0 Å². The van der Waals surface area contributed by atoms with Gasteiger partial charge in [0.25, 0.3) is 0 Å². The molecule has 3 atom stereocenters. The SMILES string of the molecule is C(CNCC1CC2CCC1C2)CN1CCOCC1. The molecule has 104 valence electrons. The van der Waals surface area contributed by atoms with Gasteiger partial charge < -0.3 is 10.1 Å². The lowest BCUT2D eigenvalue weighted by Crippen LogP contribution is -2.38. The van der Waals surface area contributed by atoms with E-state index >= 15 is 0 Å². The molecular weight excluding hydrogens is 224 g/mol. The molecule has 0 spiro atoms. The van der Waals surface area contributed by atoms with Gasteiger partial charge in [-0.25, -0.2) is 0 Å². The first-order chi connectivity index (χ1) is 8.92. The van der Waals surface area contributed by atoms with Crippen molar-refractivity contribution >= 4 is 0 Å². The molecule has 1 heterocycles. The minimum absolute atomic E-state index is 0.929. The van der Waals surface area contributed by atoms with Gasteiger partial charge in [-0.05, 0) is 63.1 Å². The molecule has 0 aromatic carbocycles. The Bertz CT molecular complexity index is 253. The largest absolute Gasteiger partial charge is 0.379 e. The molecule has 3 aliphatic rings. The molecule has 1 aliphatic heterocycles. The highest BCUT2D eigenvalue weighted by Gasteiger charge is 2.38. The molecule has 3 rings (SSSR count). The average molecular weight is 252 g/mol. The summed E-state index contributed by atoms with van der Waals surface area (Å²) in [6, 6.07) is 0. The Morgan fingerprint density at radius 3 is 2.72 bits per heavy atom. The number of fused-ring (bicyclic) bond motifs is 2. The Kier molecular flexibility index (Phi) is 4.55. The van der Waals surface area contributed by atoms with E-state index in [9.17, 15) is 0 Å². The number of nitrogens with zero attached hydrogens (tertiary/aromatic N) is 1. The molecule has 3 fully saturated rings. The fourth-order valence-corrected chi connectivity index (χ4v) is 4.17. The van der Waals surface area contributed by atoms with Crippen molar-refractivity contribution in [1.29, 1.82) is 0 Å². The lowest BCUT2D eigenvalue weighted by atomic mass is 9.89. The molecule has 2 saturated carbocycles. The predicted molar refractivity (Wildman–Crippen MR) is 73.7 cm³/mol. The lowest BCUT2D eigenvalue weighted by molar-refractivity contribution is 0.0374. The van der Waals surface area contributed by atoms with Crippen LogP contribution in [0.15, 0.2) is 0 Å². The van der Waals surface area contributed by atoms with Gasteiger partial charge >= 0.3 is 0 Å². The lowest BCUT2D eigenvalue weighted by Gasteiger charge is -2.26. The van der Waals surface area contributed by atoms with Crippen LogP contribution in [-0.4, -0.2) is 50.8 Å². The van der Waals surface area contributed by atoms with Crippen molar-refractivity contribution in [3.8, 4) is 0 Å². The highest BCUT2D eigenvalue weighted by atomic mass is 16.5. The van der Waals surface area contributed by atoms with Crippen LogP contribution in [0, 0.1) is 17.8 Å². The van der Waals surface area contributed by atoms with Crippen LogP contribution in [0.1, 0.15) is 32.1 Å². The number of rotatable bonds is 6. The van der Waals surface area contributed by atoms with E-state index in [1.807, 2.05) is 0 Å². The van der Waals surface area contributed by atoms with Crippen molar-refractivity contribution in [2.45, 2.75) is 32.1 Å². The van der Waals surface area contributed by atoms with E-state index < -0.39 is 0 Å². The molecule has 3 heteroatoms. The monoisotopic (exact) mass is 252 g/mol.